The number of pyridine rings is 1. The Bertz CT molecular complexity index is 1460. The number of hydrogen-bond donors (Lipinski definition) is 3. The molecule has 0 atom stereocenters. The lowest BCUT2D eigenvalue weighted by molar-refractivity contribution is 0.691. The Labute approximate surface area is 198 Å². The van der Waals surface area contributed by atoms with E-state index in [1.165, 1.54) is 5.56 Å². The Hall–Kier alpha value is -4.29. The van der Waals surface area contributed by atoms with Gasteiger partial charge in [0.05, 0.1) is 11.2 Å². The van der Waals surface area contributed by atoms with Crippen LogP contribution < -0.4 is 5.32 Å². The number of aromatic amines is 2. The molecule has 0 aliphatic rings. The average Bonchev–Trinajstić information content (AvgIpc) is 3.46. The third kappa shape index (κ3) is 4.58. The molecule has 0 spiro atoms. The summed E-state index contributed by atoms with van der Waals surface area (Å²) in [6.07, 6.45) is 9.36. The van der Waals surface area contributed by atoms with Crippen molar-refractivity contribution in [3.8, 4) is 22.6 Å². The summed E-state index contributed by atoms with van der Waals surface area (Å²) in [6, 6.07) is 18.9. The van der Waals surface area contributed by atoms with Crippen molar-refractivity contribution in [2.45, 2.75) is 20.0 Å². The molecule has 5 aromatic rings. The fourth-order valence-corrected chi connectivity index (χ4v) is 3.97. The molecule has 0 aliphatic carbocycles. The van der Waals surface area contributed by atoms with E-state index in [2.05, 4.69) is 80.6 Å². The van der Waals surface area contributed by atoms with Crippen LogP contribution in [0.2, 0.25) is 0 Å². The lowest BCUT2D eigenvalue weighted by Crippen LogP contribution is -2.12. The molecule has 5 rings (SSSR count). The van der Waals surface area contributed by atoms with Crippen LogP contribution in [0.4, 0.5) is 0 Å². The van der Waals surface area contributed by atoms with Crippen LogP contribution in [-0.4, -0.2) is 25.1 Å². The SMILES string of the molecule is C=C/C=C\c1nc(-c2n[nH]c3ccc(-c4cncc(CNCc5ccccc5)c4)cc23)[nH]c1C. The molecule has 0 aliphatic heterocycles. The Morgan fingerprint density at radius 2 is 1.82 bits per heavy atom. The quantitative estimate of drug-likeness (QED) is 0.263. The molecule has 3 N–H and O–H groups in total. The van der Waals surface area contributed by atoms with E-state index < -0.39 is 0 Å². The number of hydrogen-bond acceptors (Lipinski definition) is 4. The molecule has 3 heterocycles. The minimum absolute atomic E-state index is 0.738. The summed E-state index contributed by atoms with van der Waals surface area (Å²) in [7, 11) is 0. The predicted molar refractivity (Wildman–Crippen MR) is 138 cm³/mol. The first-order valence-electron chi connectivity index (χ1n) is 11.2. The topological polar surface area (TPSA) is 82.3 Å². The van der Waals surface area contributed by atoms with Crippen LogP contribution in [0.15, 0.2) is 85.7 Å². The van der Waals surface area contributed by atoms with Gasteiger partial charge >= 0.3 is 0 Å². The van der Waals surface area contributed by atoms with Gasteiger partial charge in [-0.05, 0) is 47.9 Å². The minimum atomic E-state index is 0.738. The molecular formula is C28H26N6. The lowest BCUT2D eigenvalue weighted by atomic mass is 10.0. The smallest absolute Gasteiger partial charge is 0.159 e. The van der Waals surface area contributed by atoms with Crippen LogP contribution in [0.25, 0.3) is 39.6 Å². The number of aromatic nitrogens is 5. The van der Waals surface area contributed by atoms with Crippen LogP contribution in [0.5, 0.6) is 0 Å². The van der Waals surface area contributed by atoms with Gasteiger partial charge in [-0.3, -0.25) is 10.1 Å². The van der Waals surface area contributed by atoms with Gasteiger partial charge in [0, 0.05) is 42.1 Å². The largest absolute Gasteiger partial charge is 0.340 e. The lowest BCUT2D eigenvalue weighted by Gasteiger charge is -2.07. The van der Waals surface area contributed by atoms with Crippen LogP contribution in [0, 0.1) is 6.92 Å². The minimum Gasteiger partial charge on any atom is -0.340 e. The summed E-state index contributed by atoms with van der Waals surface area (Å²) >= 11 is 0. The highest BCUT2D eigenvalue weighted by molar-refractivity contribution is 5.94. The summed E-state index contributed by atoms with van der Waals surface area (Å²) < 4.78 is 0. The summed E-state index contributed by atoms with van der Waals surface area (Å²) in [5.74, 6) is 0.738. The van der Waals surface area contributed by atoms with Gasteiger partial charge in [-0.15, -0.1) is 0 Å². The highest BCUT2D eigenvalue weighted by Gasteiger charge is 2.14. The van der Waals surface area contributed by atoms with Crippen molar-refractivity contribution in [2.24, 2.45) is 0 Å². The van der Waals surface area contributed by atoms with Gasteiger partial charge in [0.15, 0.2) is 5.82 Å². The van der Waals surface area contributed by atoms with E-state index in [1.54, 1.807) is 6.08 Å². The highest BCUT2D eigenvalue weighted by Crippen LogP contribution is 2.30. The number of benzene rings is 2. The monoisotopic (exact) mass is 446 g/mol. The molecule has 6 heteroatoms. The van der Waals surface area contributed by atoms with Gasteiger partial charge in [-0.1, -0.05) is 55.1 Å². The van der Waals surface area contributed by atoms with Gasteiger partial charge in [0.1, 0.15) is 5.69 Å². The second-order valence-corrected chi connectivity index (χ2v) is 8.19. The third-order valence-electron chi connectivity index (χ3n) is 5.73. The van der Waals surface area contributed by atoms with E-state index in [0.29, 0.717) is 0 Å². The fourth-order valence-electron chi connectivity index (χ4n) is 3.97. The Balaban J connectivity index is 1.40. The fraction of sp³-hybridized carbons (Fsp3) is 0.107. The second kappa shape index (κ2) is 9.68. The molecule has 0 radical (unpaired) electrons. The van der Waals surface area contributed by atoms with Crippen molar-refractivity contribution < 1.29 is 0 Å². The number of allylic oxidation sites excluding steroid dienone is 2. The molecule has 2 aromatic carbocycles. The molecule has 34 heavy (non-hydrogen) atoms. The summed E-state index contributed by atoms with van der Waals surface area (Å²) in [6.45, 7) is 7.30. The van der Waals surface area contributed by atoms with Gasteiger partial charge in [0.25, 0.3) is 0 Å². The van der Waals surface area contributed by atoms with Gasteiger partial charge in [-0.2, -0.15) is 5.10 Å². The summed E-state index contributed by atoms with van der Waals surface area (Å²) in [4.78, 5) is 12.6. The molecule has 0 bridgehead atoms. The molecule has 6 nitrogen and oxygen atoms in total. The number of imidazole rings is 1. The number of H-pyrrole nitrogens is 2. The first kappa shape index (κ1) is 21.6. The zero-order valence-electron chi connectivity index (χ0n) is 19.0. The number of nitrogens with one attached hydrogen (secondary N) is 3. The molecule has 3 aromatic heterocycles. The standard InChI is InChI=1S/C28H26N6/c1-3-4-10-25-19(2)31-28(32-25)27-24-14-22(11-12-26(24)33-34-27)23-13-21(17-30-18-23)16-29-15-20-8-6-5-7-9-20/h3-14,17-18,29H,1,15-16H2,2H3,(H,31,32)(H,33,34)/b10-4-. The van der Waals surface area contributed by atoms with Gasteiger partial charge in [0.2, 0.25) is 0 Å². The number of fused-ring (bicyclic) bond motifs is 1. The normalized spacial score (nSPS) is 11.4. The van der Waals surface area contributed by atoms with E-state index in [-0.39, 0.29) is 0 Å². The number of aryl methyl sites for hydroxylation is 1. The molecule has 0 amide bonds. The van der Waals surface area contributed by atoms with Crippen LogP contribution >= 0.6 is 0 Å². The van der Waals surface area contributed by atoms with Crippen molar-refractivity contribution in [3.05, 3.63) is 108 Å². The second-order valence-electron chi connectivity index (χ2n) is 8.19. The van der Waals surface area contributed by atoms with Crippen molar-refractivity contribution in [1.82, 2.24) is 30.5 Å². The maximum atomic E-state index is 4.72. The predicted octanol–water partition coefficient (Wildman–Crippen LogP) is 5.81. The van der Waals surface area contributed by atoms with Crippen LogP contribution in [-0.2, 0) is 13.1 Å². The van der Waals surface area contributed by atoms with Crippen LogP contribution in [0.3, 0.4) is 0 Å². The molecule has 0 saturated carbocycles. The summed E-state index contributed by atoms with van der Waals surface area (Å²) in [5.41, 5.74) is 8.18. The Morgan fingerprint density at radius 3 is 2.68 bits per heavy atom. The van der Waals surface area contributed by atoms with E-state index in [1.807, 2.05) is 37.5 Å². The van der Waals surface area contributed by atoms with Crippen molar-refractivity contribution in [2.75, 3.05) is 0 Å². The Morgan fingerprint density at radius 1 is 0.971 bits per heavy atom. The van der Waals surface area contributed by atoms with Gasteiger partial charge < -0.3 is 10.3 Å². The number of rotatable bonds is 8. The number of nitrogens with zero attached hydrogens (tertiary/aromatic N) is 3. The third-order valence-corrected chi connectivity index (χ3v) is 5.73. The Kier molecular flexibility index (Phi) is 6.14. The molecule has 0 unspecified atom stereocenters. The highest BCUT2D eigenvalue weighted by atomic mass is 15.1. The van der Waals surface area contributed by atoms with E-state index in [0.717, 1.165) is 63.6 Å². The zero-order chi connectivity index (χ0) is 23.3. The molecule has 168 valence electrons. The molecule has 0 fully saturated rings. The zero-order valence-corrected chi connectivity index (χ0v) is 19.0. The first-order valence-corrected chi connectivity index (χ1v) is 11.2. The average molecular weight is 447 g/mol. The molecule has 0 saturated heterocycles. The van der Waals surface area contributed by atoms with E-state index >= 15 is 0 Å². The molecular weight excluding hydrogens is 420 g/mol. The van der Waals surface area contributed by atoms with E-state index in [9.17, 15) is 0 Å². The van der Waals surface area contributed by atoms with Crippen LogP contribution in [0.1, 0.15) is 22.5 Å². The van der Waals surface area contributed by atoms with E-state index in [4.69, 9.17) is 4.98 Å². The van der Waals surface area contributed by atoms with Crippen molar-refractivity contribution in [3.63, 3.8) is 0 Å². The maximum Gasteiger partial charge on any atom is 0.159 e. The van der Waals surface area contributed by atoms with Gasteiger partial charge in [-0.25, -0.2) is 4.98 Å². The maximum absolute atomic E-state index is 4.72. The first-order chi connectivity index (χ1) is 16.7. The van der Waals surface area contributed by atoms with Crippen molar-refractivity contribution in [1.29, 1.82) is 0 Å². The van der Waals surface area contributed by atoms with Crippen molar-refractivity contribution >= 4 is 17.0 Å². The summed E-state index contributed by atoms with van der Waals surface area (Å²) in [5, 5.41) is 12.2.